The second kappa shape index (κ2) is 40.0. The molecule has 0 unspecified atom stereocenters. The van der Waals surface area contributed by atoms with Crippen molar-refractivity contribution >= 4 is 34.5 Å². The molecule has 15 rings (SSSR count). The third-order valence-corrected chi connectivity index (χ3v) is 22.6. The molecule has 0 aliphatic carbocycles. The maximum atomic E-state index is 13.8. The topological polar surface area (TPSA) is 217 Å². The van der Waals surface area contributed by atoms with Crippen molar-refractivity contribution in [1.29, 1.82) is 0 Å². The second-order valence-corrected chi connectivity index (χ2v) is 32.2. The molecule has 0 bridgehead atoms. The molecule has 3 aliphatic heterocycles. The van der Waals surface area contributed by atoms with Gasteiger partial charge in [0, 0.05) is 119 Å². The lowest BCUT2D eigenvalue weighted by Gasteiger charge is -2.17. The van der Waals surface area contributed by atoms with Gasteiger partial charge in [-0.3, -0.25) is 19.4 Å². The van der Waals surface area contributed by atoms with Crippen LogP contribution in [-0.4, -0.2) is 87.8 Å². The molecular weight excluding hydrogens is 1860 g/mol. The van der Waals surface area contributed by atoms with E-state index in [1.165, 1.54) is 67.5 Å². The zero-order valence-corrected chi connectivity index (χ0v) is 74.0. The van der Waals surface area contributed by atoms with Gasteiger partial charge in [-0.2, -0.15) is 92.2 Å². The Labute approximate surface area is 772 Å². The Hall–Kier alpha value is -14.6. The van der Waals surface area contributed by atoms with Crippen LogP contribution in [0, 0.1) is 20.8 Å². The standard InChI is InChI=1S/C34H28F6N2O4.C33H24F9N3O3.C32H25F6N3O3/c1-18-11-20(19(2)43)5-7-26(18)21-6-9-30(44-3)28(14-21)27-8-10-32(45-4)41-29(27)16-25-17-31(46-42-25)22-12-23(33(35,36)37)15-24(13-22)34(38,39)40;1-16-8-18(17(2)46)4-5-24(16)20-11-26(30(47-3)43-15-20)25-6-7-29(33(40,41)42)44-27(25)13-23-14-28(48-45-23)19-9-21(31(34,35)36)12-22(10-19)32(37,38)39;1-17-10-19(18(2)42)4-6-25(17)22-13-27(30(43-3)40-16-22)26-7-5-23(31(33,34)35)11-21(26)12-24-15-28(44-41-24)20-8-9-39-29(14-20)32(36,37)38/h5-15,31H,16-17H2,1-4H3;4-12,15,28H,13-14H2,1-3H3;4-11,13-14,16,28H,12,15H2,1-3H3/t31-;2*28-/m000/s1. The molecule has 720 valence electrons. The summed E-state index contributed by atoms with van der Waals surface area (Å²) in [6.45, 7) is 9.90. The molecular formula is C99H77F21N8O10. The summed E-state index contributed by atoms with van der Waals surface area (Å²) in [5, 5.41) is 11.8. The van der Waals surface area contributed by atoms with E-state index in [0.717, 1.165) is 69.9 Å². The molecule has 0 N–H and O–H groups in total. The zero-order valence-electron chi connectivity index (χ0n) is 74.0. The van der Waals surface area contributed by atoms with Gasteiger partial charge in [-0.1, -0.05) is 70.1 Å². The van der Waals surface area contributed by atoms with E-state index in [9.17, 15) is 107 Å². The first-order valence-electron chi connectivity index (χ1n) is 41.5. The molecule has 8 heterocycles. The Kier molecular flexibility index (Phi) is 29.2. The fourth-order valence-corrected chi connectivity index (χ4v) is 15.7. The number of alkyl halides is 21. The SMILES string of the molecule is COc1ccc(-c2cc(-c3ccc(C(C)=O)cc3C)ccc2OC)c(CC2=NO[C@H](c3cc(C(F)(F)F)cc(C(F)(F)F)c3)C2)n1.COc1ncc(-c2ccc(C(C)=O)cc2C)cc1-c1ccc(C(F)(F)F)cc1CC1=NO[C@H](c2ccnc(C(F)(F)F)c2)C1.COc1ncc(-c2ccc(C(C)=O)cc2C)cc1-c1ccc(C(F)(F)F)nc1CC1=NO[C@H](c2cc(C(F)(F)F)cc(C(F)(F)F)c2)C1. The molecule has 12 aromatic rings. The van der Waals surface area contributed by atoms with Crippen molar-refractivity contribution in [3.63, 3.8) is 0 Å². The highest BCUT2D eigenvalue weighted by Crippen LogP contribution is 2.48. The monoisotopic (exact) mass is 1940 g/mol. The number of carbonyl (C=O) groups excluding carboxylic acids is 3. The Bertz CT molecular complexity index is 6720. The van der Waals surface area contributed by atoms with Gasteiger partial charge in [0.25, 0.3) is 0 Å². The van der Waals surface area contributed by atoms with Crippen LogP contribution in [0.4, 0.5) is 92.2 Å². The first-order valence-corrected chi connectivity index (χ1v) is 41.5. The van der Waals surface area contributed by atoms with Crippen molar-refractivity contribution in [2.24, 2.45) is 15.5 Å². The minimum atomic E-state index is -5.09. The van der Waals surface area contributed by atoms with Gasteiger partial charge in [0.15, 0.2) is 35.7 Å². The lowest BCUT2D eigenvalue weighted by Crippen LogP contribution is -2.14. The average molecular weight is 1940 g/mol. The van der Waals surface area contributed by atoms with Gasteiger partial charge in [-0.05, 0) is 224 Å². The molecule has 18 nitrogen and oxygen atoms in total. The molecule has 0 spiro atoms. The van der Waals surface area contributed by atoms with Crippen LogP contribution in [0.25, 0.3) is 66.8 Å². The number of Topliss-reactive ketones (excluding diaryl/α,β-unsaturated/α-hetero) is 3. The molecule has 0 amide bonds. The van der Waals surface area contributed by atoms with Crippen LogP contribution in [0.5, 0.6) is 23.4 Å². The number of ether oxygens (including phenoxy) is 4. The highest BCUT2D eigenvalue weighted by molar-refractivity contribution is 5.98. The average Bonchev–Trinajstić information content (AvgIpc) is 1.21. The molecule has 138 heavy (non-hydrogen) atoms. The number of aryl methyl sites for hydroxylation is 3. The third-order valence-electron chi connectivity index (χ3n) is 22.6. The highest BCUT2D eigenvalue weighted by Gasteiger charge is 2.43. The number of oxime groups is 3. The first kappa shape index (κ1) is 101. The van der Waals surface area contributed by atoms with E-state index in [4.69, 9.17) is 33.5 Å². The fourth-order valence-electron chi connectivity index (χ4n) is 15.7. The van der Waals surface area contributed by atoms with E-state index in [1.54, 1.807) is 85.9 Å². The van der Waals surface area contributed by atoms with Gasteiger partial charge in [0.05, 0.1) is 84.8 Å². The summed E-state index contributed by atoms with van der Waals surface area (Å²) in [6.07, 6.45) is -34.3. The van der Waals surface area contributed by atoms with Crippen molar-refractivity contribution in [3.05, 3.63) is 301 Å². The first-order chi connectivity index (χ1) is 64.8. The largest absolute Gasteiger partial charge is 0.496 e. The van der Waals surface area contributed by atoms with Gasteiger partial charge in [0.2, 0.25) is 17.6 Å². The summed E-state index contributed by atoms with van der Waals surface area (Å²) in [7, 11) is 5.66. The predicted octanol–water partition coefficient (Wildman–Crippen LogP) is 26.9. The van der Waals surface area contributed by atoms with Crippen LogP contribution in [0.1, 0.15) is 179 Å². The van der Waals surface area contributed by atoms with Crippen LogP contribution >= 0.6 is 0 Å². The normalized spacial score (nSPS) is 15.1. The number of benzene rings is 7. The number of carbonyl (C=O) groups is 3. The second-order valence-electron chi connectivity index (χ2n) is 32.2. The Morgan fingerprint density at radius 3 is 1.12 bits per heavy atom. The number of rotatable bonds is 22. The number of hydrogen-bond donors (Lipinski definition) is 0. The summed E-state index contributed by atoms with van der Waals surface area (Å²) < 4.78 is 305. The third kappa shape index (κ3) is 23.6. The van der Waals surface area contributed by atoms with E-state index >= 15 is 0 Å². The van der Waals surface area contributed by atoms with Crippen LogP contribution in [0.3, 0.4) is 0 Å². The van der Waals surface area contributed by atoms with E-state index in [1.807, 2.05) is 38.1 Å². The number of halogens is 21. The molecule has 3 aliphatic rings. The molecule has 0 radical (unpaired) electrons. The minimum absolute atomic E-state index is 0.0201. The maximum absolute atomic E-state index is 13.8. The fraction of sp³-hybridized carbons (Fsp3) is 0.263. The van der Waals surface area contributed by atoms with E-state index in [2.05, 4.69) is 40.4 Å². The lowest BCUT2D eigenvalue weighted by atomic mass is 9.91. The van der Waals surface area contributed by atoms with Crippen molar-refractivity contribution < 1.29 is 140 Å². The van der Waals surface area contributed by atoms with Crippen molar-refractivity contribution in [3.8, 4) is 90.2 Å². The number of pyridine rings is 5. The summed E-state index contributed by atoms with van der Waals surface area (Å²) in [4.78, 5) is 72.0. The molecule has 0 saturated heterocycles. The minimum Gasteiger partial charge on any atom is -0.496 e. The summed E-state index contributed by atoms with van der Waals surface area (Å²) >= 11 is 0. The molecule has 39 heteroatoms. The van der Waals surface area contributed by atoms with Crippen LogP contribution in [-0.2, 0) is 77.0 Å². The summed E-state index contributed by atoms with van der Waals surface area (Å²) in [5.41, 5.74) is 2.49. The molecule has 3 atom stereocenters. The Balaban J connectivity index is 0.000000175. The van der Waals surface area contributed by atoms with E-state index in [0.29, 0.717) is 103 Å². The number of hydrogen-bond acceptors (Lipinski definition) is 18. The van der Waals surface area contributed by atoms with Gasteiger partial charge in [-0.15, -0.1) is 0 Å². The molecule has 0 fully saturated rings. The van der Waals surface area contributed by atoms with Gasteiger partial charge < -0.3 is 33.5 Å². The summed E-state index contributed by atoms with van der Waals surface area (Å²) in [5.74, 6) is 0.739. The number of aromatic nitrogens is 5. The van der Waals surface area contributed by atoms with E-state index < -0.39 is 113 Å². The lowest BCUT2D eigenvalue weighted by molar-refractivity contribution is -0.144. The Morgan fingerprint density at radius 1 is 0.326 bits per heavy atom. The van der Waals surface area contributed by atoms with Crippen molar-refractivity contribution in [1.82, 2.24) is 24.9 Å². The molecule has 5 aromatic heterocycles. The predicted molar refractivity (Wildman–Crippen MR) is 464 cm³/mol. The maximum Gasteiger partial charge on any atom is 0.433 e. The number of methoxy groups -OCH3 is 4. The van der Waals surface area contributed by atoms with Crippen LogP contribution in [0.2, 0.25) is 0 Å². The zero-order chi connectivity index (χ0) is 100. The number of ketones is 3. The van der Waals surface area contributed by atoms with Crippen molar-refractivity contribution in [2.75, 3.05) is 28.4 Å². The Morgan fingerprint density at radius 2 is 0.710 bits per heavy atom. The van der Waals surface area contributed by atoms with E-state index in [-0.39, 0.29) is 118 Å². The molecule has 7 aromatic carbocycles. The quantitative estimate of drug-likeness (QED) is 0.0455. The van der Waals surface area contributed by atoms with Gasteiger partial charge in [0.1, 0.15) is 17.1 Å². The number of nitrogens with zero attached hydrogens (tertiary/aromatic N) is 8. The van der Waals surface area contributed by atoms with Gasteiger partial charge in [-0.25, -0.2) is 19.9 Å². The smallest absolute Gasteiger partial charge is 0.433 e. The molecule has 0 saturated carbocycles. The van der Waals surface area contributed by atoms with Gasteiger partial charge >= 0.3 is 43.2 Å². The van der Waals surface area contributed by atoms with Crippen LogP contribution < -0.4 is 18.9 Å². The van der Waals surface area contributed by atoms with Crippen LogP contribution in [0.15, 0.2) is 210 Å². The van der Waals surface area contributed by atoms with Crippen molar-refractivity contribution in [2.45, 2.75) is 142 Å². The summed E-state index contributed by atoms with van der Waals surface area (Å²) in [6, 6.07) is 37.9. The highest BCUT2D eigenvalue weighted by atomic mass is 19.4.